The number of rotatable bonds is 5. The number of ether oxygens (including phenoxy) is 1. The lowest BCUT2D eigenvalue weighted by Gasteiger charge is -2.29. The number of alkyl halides is 3. The molecule has 0 spiro atoms. The topological polar surface area (TPSA) is 69.4 Å². The van der Waals surface area contributed by atoms with Crippen molar-refractivity contribution in [2.24, 2.45) is 0 Å². The number of fused-ring (bicyclic) bond motifs is 1. The first kappa shape index (κ1) is 22.8. The summed E-state index contributed by atoms with van der Waals surface area (Å²) in [4.78, 5) is 31.1. The summed E-state index contributed by atoms with van der Waals surface area (Å²) in [6.45, 7) is 1.77. The zero-order valence-electron chi connectivity index (χ0n) is 17.2. The molecule has 1 aromatic carbocycles. The Bertz CT molecular complexity index is 1290. The Morgan fingerprint density at radius 1 is 1.15 bits per heavy atom. The highest BCUT2D eigenvalue weighted by Gasteiger charge is 2.39. The van der Waals surface area contributed by atoms with Gasteiger partial charge in [0.2, 0.25) is 0 Å². The van der Waals surface area contributed by atoms with Gasteiger partial charge in [0, 0.05) is 19.3 Å². The lowest BCUT2D eigenvalue weighted by atomic mass is 10.2. The first-order valence-electron chi connectivity index (χ1n) is 9.80. The Labute approximate surface area is 189 Å². The maximum Gasteiger partial charge on any atom is 0.422 e. The fourth-order valence-corrected chi connectivity index (χ4v) is 3.76. The number of pyridine rings is 1. The number of amides is 1. The summed E-state index contributed by atoms with van der Waals surface area (Å²) >= 11 is 5.46. The van der Waals surface area contributed by atoms with E-state index in [-0.39, 0.29) is 37.5 Å². The van der Waals surface area contributed by atoms with Crippen LogP contribution in [-0.4, -0.2) is 44.6 Å². The van der Waals surface area contributed by atoms with Crippen LogP contribution in [0.15, 0.2) is 41.6 Å². The van der Waals surface area contributed by atoms with Crippen LogP contribution in [0.2, 0.25) is 5.02 Å². The van der Waals surface area contributed by atoms with Gasteiger partial charge in [-0.2, -0.15) is 13.2 Å². The van der Waals surface area contributed by atoms with Gasteiger partial charge in [0.1, 0.15) is 29.3 Å². The average molecular weight is 485 g/mol. The molecule has 1 amide bonds. The highest BCUT2D eigenvalue weighted by molar-refractivity contribution is 6.30. The van der Waals surface area contributed by atoms with Crippen molar-refractivity contribution >= 4 is 17.5 Å². The number of hydrogen-bond donors (Lipinski definition) is 0. The molecule has 3 heterocycles. The molecule has 3 aromatic rings. The minimum atomic E-state index is -5.00. The number of carbonyl (C=O) groups excluding carboxylic acids is 1. The third kappa shape index (κ3) is 4.32. The molecule has 12 heteroatoms. The summed E-state index contributed by atoms with van der Waals surface area (Å²) < 4.78 is 61.6. The number of carbonyl (C=O) groups is 1. The van der Waals surface area contributed by atoms with E-state index in [1.54, 1.807) is 17.7 Å². The second-order valence-corrected chi connectivity index (χ2v) is 7.76. The smallest absolute Gasteiger partial charge is 0.422 e. The van der Waals surface area contributed by atoms with Gasteiger partial charge in [-0.3, -0.25) is 9.59 Å². The van der Waals surface area contributed by atoms with E-state index < -0.39 is 34.2 Å². The van der Waals surface area contributed by atoms with Crippen molar-refractivity contribution in [3.63, 3.8) is 0 Å². The highest BCUT2D eigenvalue weighted by Crippen LogP contribution is 2.40. The molecule has 4 rings (SSSR count). The summed E-state index contributed by atoms with van der Waals surface area (Å²) in [5.41, 5.74) is -0.734. The van der Waals surface area contributed by atoms with Gasteiger partial charge in [0.25, 0.3) is 11.5 Å². The van der Waals surface area contributed by atoms with Crippen LogP contribution in [0.3, 0.4) is 0 Å². The molecule has 33 heavy (non-hydrogen) atoms. The number of nitrogens with zero attached hydrogens (tertiary/aromatic N) is 4. The van der Waals surface area contributed by atoms with Crippen LogP contribution < -0.4 is 10.3 Å². The van der Waals surface area contributed by atoms with Crippen LogP contribution in [0.25, 0.3) is 5.69 Å². The van der Waals surface area contributed by atoms with Gasteiger partial charge in [-0.25, -0.2) is 9.37 Å². The molecule has 0 fully saturated rings. The quantitative estimate of drug-likeness (QED) is 0.518. The van der Waals surface area contributed by atoms with Crippen LogP contribution in [0.1, 0.15) is 21.7 Å². The molecule has 0 saturated heterocycles. The minimum absolute atomic E-state index is 0.0585. The van der Waals surface area contributed by atoms with Gasteiger partial charge in [0.05, 0.1) is 23.6 Å². The molecule has 1 aliphatic rings. The third-order valence-electron chi connectivity index (χ3n) is 5.20. The van der Waals surface area contributed by atoms with Crippen LogP contribution in [-0.2, 0) is 12.7 Å². The number of aryl methyl sites for hydroxylation is 1. The standard InChI is InChI=1S/C21H17ClF4N4O3/c1-12-10-29(11-27-12)14-3-4-15-19(31)28(6-7-30(15)20(14)32)8-9-33-16-5-2-13(22)18(23)17(16)21(24,25)26/h2-5,10-11H,6-9H2,1H3. The molecule has 0 unspecified atom stereocenters. The molecular weight excluding hydrogens is 468 g/mol. The largest absolute Gasteiger partial charge is 0.491 e. The van der Waals surface area contributed by atoms with Crippen molar-refractivity contribution < 1.29 is 27.1 Å². The van der Waals surface area contributed by atoms with E-state index >= 15 is 0 Å². The molecule has 0 aliphatic carbocycles. The number of halogens is 5. The third-order valence-corrected chi connectivity index (χ3v) is 5.49. The van der Waals surface area contributed by atoms with Crippen molar-refractivity contribution in [1.82, 2.24) is 19.0 Å². The SMILES string of the molecule is Cc1cn(-c2ccc3n(c2=O)CCN(CCOc2ccc(Cl)c(F)c2C(F)(F)F)C3=O)cn1. The molecule has 0 radical (unpaired) electrons. The Morgan fingerprint density at radius 3 is 2.58 bits per heavy atom. The maximum absolute atomic E-state index is 13.9. The van der Waals surface area contributed by atoms with Crippen molar-refractivity contribution in [3.05, 3.63) is 74.9 Å². The van der Waals surface area contributed by atoms with Crippen molar-refractivity contribution in [1.29, 1.82) is 0 Å². The van der Waals surface area contributed by atoms with Crippen LogP contribution in [0, 0.1) is 12.7 Å². The lowest BCUT2D eigenvalue weighted by Crippen LogP contribution is -2.46. The molecule has 7 nitrogen and oxygen atoms in total. The van der Waals surface area contributed by atoms with Crippen LogP contribution in [0.5, 0.6) is 5.75 Å². The van der Waals surface area contributed by atoms with Crippen molar-refractivity contribution in [3.8, 4) is 11.4 Å². The van der Waals surface area contributed by atoms with Gasteiger partial charge >= 0.3 is 6.18 Å². The normalized spacial score (nSPS) is 13.9. The number of aromatic nitrogens is 3. The van der Waals surface area contributed by atoms with Crippen LogP contribution >= 0.6 is 11.6 Å². The first-order valence-corrected chi connectivity index (χ1v) is 10.2. The van der Waals surface area contributed by atoms with E-state index in [9.17, 15) is 27.2 Å². The molecule has 0 bridgehead atoms. The molecule has 0 atom stereocenters. The van der Waals surface area contributed by atoms with Gasteiger partial charge in [-0.15, -0.1) is 0 Å². The van der Waals surface area contributed by atoms with E-state index in [2.05, 4.69) is 4.98 Å². The Hall–Kier alpha value is -3.34. The second kappa shape index (κ2) is 8.54. The van der Waals surface area contributed by atoms with E-state index in [1.165, 1.54) is 27.9 Å². The fraction of sp³-hybridized carbons (Fsp3) is 0.286. The molecule has 1 aliphatic heterocycles. The monoisotopic (exact) mass is 484 g/mol. The Morgan fingerprint density at radius 2 is 1.91 bits per heavy atom. The Balaban J connectivity index is 1.49. The fourth-order valence-electron chi connectivity index (χ4n) is 3.61. The summed E-state index contributed by atoms with van der Waals surface area (Å²) in [5.74, 6) is -2.80. The first-order chi connectivity index (χ1) is 15.6. The molecule has 0 N–H and O–H groups in total. The minimum Gasteiger partial charge on any atom is -0.491 e. The summed E-state index contributed by atoms with van der Waals surface area (Å²) in [7, 11) is 0. The number of imidazole rings is 1. The van der Waals surface area contributed by atoms with Gasteiger partial charge in [-0.1, -0.05) is 11.6 Å². The summed E-state index contributed by atoms with van der Waals surface area (Å²) in [6.07, 6.45) is -1.81. The summed E-state index contributed by atoms with van der Waals surface area (Å²) in [6, 6.07) is 4.92. The average Bonchev–Trinajstić information content (AvgIpc) is 3.17. The summed E-state index contributed by atoms with van der Waals surface area (Å²) in [5, 5.41) is -0.673. The van der Waals surface area contributed by atoms with E-state index in [4.69, 9.17) is 16.3 Å². The predicted molar refractivity (Wildman–Crippen MR) is 110 cm³/mol. The van der Waals surface area contributed by atoms with E-state index in [0.717, 1.165) is 17.8 Å². The van der Waals surface area contributed by atoms with E-state index in [0.29, 0.717) is 5.69 Å². The second-order valence-electron chi connectivity index (χ2n) is 7.36. The van der Waals surface area contributed by atoms with Crippen LogP contribution in [0.4, 0.5) is 17.6 Å². The number of hydrogen-bond acceptors (Lipinski definition) is 4. The molecule has 0 saturated carbocycles. The van der Waals surface area contributed by atoms with Gasteiger partial charge in [-0.05, 0) is 31.2 Å². The molecular formula is C21H17ClF4N4O3. The van der Waals surface area contributed by atoms with E-state index in [1.807, 2.05) is 0 Å². The molecule has 2 aromatic heterocycles. The molecule has 174 valence electrons. The van der Waals surface area contributed by atoms with Gasteiger partial charge < -0.3 is 18.8 Å². The van der Waals surface area contributed by atoms with Crippen molar-refractivity contribution in [2.45, 2.75) is 19.6 Å². The zero-order valence-corrected chi connectivity index (χ0v) is 18.0. The number of benzene rings is 1. The van der Waals surface area contributed by atoms with Crippen molar-refractivity contribution in [2.75, 3.05) is 19.7 Å². The lowest BCUT2D eigenvalue weighted by molar-refractivity contribution is -0.141. The maximum atomic E-state index is 13.9. The Kier molecular flexibility index (Phi) is 5.91. The predicted octanol–water partition coefficient (Wildman–Crippen LogP) is 3.69. The highest BCUT2D eigenvalue weighted by atomic mass is 35.5. The zero-order chi connectivity index (χ0) is 23.9. The van der Waals surface area contributed by atoms with Gasteiger partial charge in [0.15, 0.2) is 5.82 Å².